The summed E-state index contributed by atoms with van der Waals surface area (Å²) in [5.74, 6) is 0.908. The molecule has 0 bridgehead atoms. The molecule has 0 fully saturated rings. The molecule has 0 aliphatic carbocycles. The van der Waals surface area contributed by atoms with Crippen LogP contribution < -0.4 is 0 Å². The topological polar surface area (TPSA) is 51.8 Å². The van der Waals surface area contributed by atoms with Gasteiger partial charge in [0.2, 0.25) is 5.82 Å². The Morgan fingerprint density at radius 3 is 2.58 bits per heavy atom. The molecule has 0 aliphatic heterocycles. The largest absolute Gasteiger partial charge is 0.441 e. The van der Waals surface area contributed by atoms with E-state index in [1.165, 1.54) is 6.26 Å². The predicted molar refractivity (Wildman–Crippen MR) is 45.2 cm³/mol. The van der Waals surface area contributed by atoms with Crippen LogP contribution in [0.4, 0.5) is 0 Å². The summed E-state index contributed by atoms with van der Waals surface area (Å²) >= 11 is 3.17. The third kappa shape index (κ3) is 1.35. The van der Waals surface area contributed by atoms with Crippen molar-refractivity contribution >= 4 is 15.9 Å². The molecule has 0 unspecified atom stereocenters. The van der Waals surface area contributed by atoms with Crippen LogP contribution in [0.1, 0.15) is 0 Å². The third-order valence-corrected chi connectivity index (χ3v) is 1.60. The lowest BCUT2D eigenvalue weighted by atomic mass is 10.5. The van der Waals surface area contributed by atoms with Gasteiger partial charge in [-0.2, -0.15) is 4.98 Å². The van der Waals surface area contributed by atoms with Crippen LogP contribution in [0.3, 0.4) is 0 Å². The molecule has 0 amide bonds. The SMILES string of the molecule is Brc1coc(-c2ncccn2)n1. The Morgan fingerprint density at radius 2 is 2.00 bits per heavy atom. The van der Waals surface area contributed by atoms with E-state index in [0.29, 0.717) is 16.3 Å². The highest BCUT2D eigenvalue weighted by molar-refractivity contribution is 9.10. The van der Waals surface area contributed by atoms with Gasteiger partial charge in [-0.25, -0.2) is 9.97 Å². The van der Waals surface area contributed by atoms with Gasteiger partial charge in [-0.05, 0) is 22.0 Å². The molecule has 5 heteroatoms. The van der Waals surface area contributed by atoms with Gasteiger partial charge in [-0.3, -0.25) is 0 Å². The summed E-state index contributed by atoms with van der Waals surface area (Å²) < 4.78 is 5.71. The van der Waals surface area contributed by atoms with Crippen LogP contribution in [0.2, 0.25) is 0 Å². The summed E-state index contributed by atoms with van der Waals surface area (Å²) in [6.07, 6.45) is 4.77. The van der Waals surface area contributed by atoms with E-state index in [1.54, 1.807) is 18.5 Å². The van der Waals surface area contributed by atoms with Crippen molar-refractivity contribution in [2.45, 2.75) is 0 Å². The molecule has 60 valence electrons. The first-order chi connectivity index (χ1) is 5.86. The maximum atomic E-state index is 5.07. The molecule has 0 N–H and O–H groups in total. The zero-order chi connectivity index (χ0) is 8.39. The average molecular weight is 226 g/mol. The number of halogens is 1. The zero-order valence-electron chi connectivity index (χ0n) is 5.94. The highest BCUT2D eigenvalue weighted by Gasteiger charge is 2.05. The van der Waals surface area contributed by atoms with Crippen molar-refractivity contribution in [3.8, 4) is 11.7 Å². The number of aromatic nitrogens is 3. The van der Waals surface area contributed by atoms with Crippen LogP contribution >= 0.6 is 15.9 Å². The molecule has 0 spiro atoms. The molecule has 0 saturated heterocycles. The summed E-state index contributed by atoms with van der Waals surface area (Å²) in [5.41, 5.74) is 0. The minimum atomic E-state index is 0.419. The number of hydrogen-bond acceptors (Lipinski definition) is 4. The standard InChI is InChI=1S/C7H4BrN3O/c8-5-4-12-7(11-5)6-9-2-1-3-10-6/h1-4H. The van der Waals surface area contributed by atoms with Crippen molar-refractivity contribution in [1.82, 2.24) is 15.0 Å². The van der Waals surface area contributed by atoms with Gasteiger partial charge < -0.3 is 4.42 Å². The maximum absolute atomic E-state index is 5.07. The second kappa shape index (κ2) is 3.02. The van der Waals surface area contributed by atoms with Gasteiger partial charge in [-0.15, -0.1) is 0 Å². The van der Waals surface area contributed by atoms with Gasteiger partial charge in [-0.1, -0.05) is 0 Å². The summed E-state index contributed by atoms with van der Waals surface area (Å²) in [4.78, 5) is 12.0. The van der Waals surface area contributed by atoms with Crippen molar-refractivity contribution in [3.63, 3.8) is 0 Å². The van der Waals surface area contributed by atoms with Crippen LogP contribution in [-0.2, 0) is 0 Å². The minimum Gasteiger partial charge on any atom is -0.441 e. The molecule has 2 aromatic rings. The quantitative estimate of drug-likeness (QED) is 0.744. The normalized spacial score (nSPS) is 10.1. The van der Waals surface area contributed by atoms with Gasteiger partial charge in [0, 0.05) is 12.4 Å². The monoisotopic (exact) mass is 225 g/mol. The molecule has 4 nitrogen and oxygen atoms in total. The third-order valence-electron chi connectivity index (χ3n) is 1.23. The average Bonchev–Trinajstić information content (AvgIpc) is 2.54. The van der Waals surface area contributed by atoms with E-state index in [4.69, 9.17) is 4.42 Å². The minimum absolute atomic E-state index is 0.419. The number of oxazole rings is 1. The van der Waals surface area contributed by atoms with Crippen LogP contribution in [0, 0.1) is 0 Å². The van der Waals surface area contributed by atoms with Crippen LogP contribution in [0.25, 0.3) is 11.7 Å². The maximum Gasteiger partial charge on any atom is 0.265 e. The Morgan fingerprint density at radius 1 is 1.25 bits per heavy atom. The fourth-order valence-corrected chi connectivity index (χ4v) is 1.02. The first-order valence-electron chi connectivity index (χ1n) is 3.24. The first-order valence-corrected chi connectivity index (χ1v) is 4.04. The Labute approximate surface area is 76.8 Å². The molecular weight excluding hydrogens is 222 g/mol. The van der Waals surface area contributed by atoms with Crippen LogP contribution in [-0.4, -0.2) is 15.0 Å². The van der Waals surface area contributed by atoms with Gasteiger partial charge in [0.25, 0.3) is 5.89 Å². The van der Waals surface area contributed by atoms with Crippen LogP contribution in [0.15, 0.2) is 33.7 Å². The van der Waals surface area contributed by atoms with Gasteiger partial charge in [0.05, 0.1) is 0 Å². The van der Waals surface area contributed by atoms with Crippen LogP contribution in [0.5, 0.6) is 0 Å². The van der Waals surface area contributed by atoms with E-state index >= 15 is 0 Å². The lowest BCUT2D eigenvalue weighted by Crippen LogP contribution is -1.85. The lowest BCUT2D eigenvalue weighted by Gasteiger charge is -1.89. The smallest absolute Gasteiger partial charge is 0.265 e. The predicted octanol–water partition coefficient (Wildman–Crippen LogP) is 1.89. The molecule has 0 aromatic carbocycles. The van der Waals surface area contributed by atoms with Crippen molar-refractivity contribution < 1.29 is 4.42 Å². The van der Waals surface area contributed by atoms with Crippen molar-refractivity contribution in [2.24, 2.45) is 0 Å². The van der Waals surface area contributed by atoms with Crippen molar-refractivity contribution in [3.05, 3.63) is 29.3 Å². The second-order valence-corrected chi connectivity index (χ2v) is 2.86. The fraction of sp³-hybridized carbons (Fsp3) is 0. The number of rotatable bonds is 1. The van der Waals surface area contributed by atoms with E-state index in [9.17, 15) is 0 Å². The number of hydrogen-bond donors (Lipinski definition) is 0. The van der Waals surface area contributed by atoms with E-state index in [1.807, 2.05) is 0 Å². The fourth-order valence-electron chi connectivity index (χ4n) is 0.766. The zero-order valence-corrected chi connectivity index (χ0v) is 7.52. The number of nitrogens with zero attached hydrogens (tertiary/aromatic N) is 3. The van der Waals surface area contributed by atoms with E-state index in [-0.39, 0.29) is 0 Å². The summed E-state index contributed by atoms with van der Waals surface area (Å²) in [7, 11) is 0. The summed E-state index contributed by atoms with van der Waals surface area (Å²) in [6.45, 7) is 0. The lowest BCUT2D eigenvalue weighted by molar-refractivity contribution is 0.568. The Kier molecular flexibility index (Phi) is 1.87. The van der Waals surface area contributed by atoms with Crippen molar-refractivity contribution in [1.29, 1.82) is 0 Å². The molecule has 12 heavy (non-hydrogen) atoms. The molecule has 0 atom stereocenters. The molecule has 0 radical (unpaired) electrons. The van der Waals surface area contributed by atoms with Gasteiger partial charge in [0.1, 0.15) is 10.9 Å². The van der Waals surface area contributed by atoms with E-state index in [0.717, 1.165) is 0 Å². The Bertz CT molecular complexity index is 373. The van der Waals surface area contributed by atoms with Gasteiger partial charge >= 0.3 is 0 Å². The van der Waals surface area contributed by atoms with Gasteiger partial charge in [0.15, 0.2) is 0 Å². The molecule has 0 saturated carbocycles. The Hall–Kier alpha value is -1.23. The van der Waals surface area contributed by atoms with E-state index < -0.39 is 0 Å². The highest BCUT2D eigenvalue weighted by atomic mass is 79.9. The molecule has 2 rings (SSSR count). The van der Waals surface area contributed by atoms with Crippen molar-refractivity contribution in [2.75, 3.05) is 0 Å². The summed E-state index contributed by atoms with van der Waals surface area (Å²) in [6, 6.07) is 1.74. The molecule has 2 aromatic heterocycles. The Balaban J connectivity index is 2.45. The molecule has 0 aliphatic rings. The first kappa shape index (κ1) is 7.42. The molecule has 2 heterocycles. The summed E-state index contributed by atoms with van der Waals surface area (Å²) in [5, 5.41) is 0. The molecular formula is C7H4BrN3O. The second-order valence-electron chi connectivity index (χ2n) is 2.05. The highest BCUT2D eigenvalue weighted by Crippen LogP contribution is 2.15. The van der Waals surface area contributed by atoms with E-state index in [2.05, 4.69) is 30.9 Å².